The minimum Gasteiger partial charge on any atom is -0.481 e. The van der Waals surface area contributed by atoms with Gasteiger partial charge in [0.25, 0.3) is 0 Å². The maximum atomic E-state index is 10.8. The minimum absolute atomic E-state index is 0.0475. The topological polar surface area (TPSA) is 55.1 Å². The van der Waals surface area contributed by atoms with Crippen molar-refractivity contribution in [2.24, 2.45) is 0 Å². The zero-order valence-corrected chi connectivity index (χ0v) is 12.7. The number of benzene rings is 1. The average molecular weight is 292 g/mol. The van der Waals surface area contributed by atoms with Gasteiger partial charge in [-0.1, -0.05) is 44.2 Å². The van der Waals surface area contributed by atoms with Gasteiger partial charge < -0.3 is 9.67 Å². The normalized spacial score (nSPS) is 12.7. The Kier molecular flexibility index (Phi) is 5.06. The highest BCUT2D eigenvalue weighted by molar-refractivity contribution is 7.99. The summed E-state index contributed by atoms with van der Waals surface area (Å²) in [6.07, 6.45) is 3.21. The lowest BCUT2D eigenvalue weighted by molar-refractivity contribution is -0.133. The molecule has 0 aliphatic carbocycles. The molecule has 108 valence electrons. The summed E-state index contributed by atoms with van der Waals surface area (Å²) in [7, 11) is 0. The maximum Gasteiger partial charge on any atom is 0.313 e. The van der Waals surface area contributed by atoms with Crippen molar-refractivity contribution in [3.05, 3.63) is 24.3 Å². The molecule has 4 nitrogen and oxygen atoms in total. The molecule has 1 heterocycles. The number of carbonyl (C=O) groups is 1. The molecule has 0 spiro atoms. The van der Waals surface area contributed by atoms with Crippen molar-refractivity contribution in [2.75, 3.05) is 5.75 Å². The predicted molar refractivity (Wildman–Crippen MR) is 82.3 cm³/mol. The van der Waals surface area contributed by atoms with Gasteiger partial charge in [-0.2, -0.15) is 0 Å². The van der Waals surface area contributed by atoms with Crippen LogP contribution in [0.2, 0.25) is 0 Å². The predicted octanol–water partition coefficient (Wildman–Crippen LogP) is 3.96. The fraction of sp³-hybridized carbons (Fsp3) is 0.467. The molecule has 0 amide bonds. The van der Waals surface area contributed by atoms with Gasteiger partial charge in [-0.15, -0.1) is 0 Å². The Bertz CT molecular complexity index is 595. The van der Waals surface area contributed by atoms with E-state index in [4.69, 9.17) is 5.11 Å². The second kappa shape index (κ2) is 6.79. The molecule has 1 atom stereocenters. The number of fused-ring (bicyclic) bond motifs is 1. The third kappa shape index (κ3) is 3.15. The van der Waals surface area contributed by atoms with Crippen LogP contribution in [-0.4, -0.2) is 26.4 Å². The first-order valence-corrected chi connectivity index (χ1v) is 7.97. The van der Waals surface area contributed by atoms with E-state index in [-0.39, 0.29) is 5.75 Å². The van der Waals surface area contributed by atoms with Gasteiger partial charge in [0, 0.05) is 6.04 Å². The fourth-order valence-electron chi connectivity index (χ4n) is 2.45. The smallest absolute Gasteiger partial charge is 0.313 e. The van der Waals surface area contributed by atoms with Crippen molar-refractivity contribution < 1.29 is 9.90 Å². The Balaban J connectivity index is 2.45. The number of nitrogens with zero attached hydrogens (tertiary/aromatic N) is 2. The second-order valence-corrected chi connectivity index (χ2v) is 5.73. The number of aromatic nitrogens is 2. The van der Waals surface area contributed by atoms with Crippen LogP contribution >= 0.6 is 11.8 Å². The van der Waals surface area contributed by atoms with Crippen LogP contribution in [-0.2, 0) is 4.79 Å². The Hall–Kier alpha value is -1.49. The van der Waals surface area contributed by atoms with E-state index in [9.17, 15) is 4.79 Å². The van der Waals surface area contributed by atoms with E-state index in [1.54, 1.807) is 0 Å². The van der Waals surface area contributed by atoms with Gasteiger partial charge >= 0.3 is 5.97 Å². The summed E-state index contributed by atoms with van der Waals surface area (Å²) in [6.45, 7) is 4.34. The Morgan fingerprint density at radius 2 is 2.15 bits per heavy atom. The Morgan fingerprint density at radius 1 is 1.40 bits per heavy atom. The highest BCUT2D eigenvalue weighted by atomic mass is 32.2. The van der Waals surface area contributed by atoms with Gasteiger partial charge in [-0.25, -0.2) is 4.98 Å². The molecule has 1 aromatic carbocycles. The van der Waals surface area contributed by atoms with Gasteiger partial charge in [0.2, 0.25) is 0 Å². The largest absolute Gasteiger partial charge is 0.481 e. The molecule has 0 aliphatic rings. The summed E-state index contributed by atoms with van der Waals surface area (Å²) in [5.41, 5.74) is 2.04. The van der Waals surface area contributed by atoms with Crippen molar-refractivity contribution in [3.63, 3.8) is 0 Å². The molecule has 0 bridgehead atoms. The lowest BCUT2D eigenvalue weighted by Gasteiger charge is -2.19. The number of hydrogen-bond acceptors (Lipinski definition) is 3. The van der Waals surface area contributed by atoms with E-state index in [0.29, 0.717) is 6.04 Å². The van der Waals surface area contributed by atoms with Crippen LogP contribution in [0.1, 0.15) is 39.2 Å². The number of carboxylic acid groups (broad SMARTS) is 1. The highest BCUT2D eigenvalue weighted by Crippen LogP contribution is 2.31. The summed E-state index contributed by atoms with van der Waals surface area (Å²) in [5, 5.41) is 9.70. The van der Waals surface area contributed by atoms with Crippen LogP contribution in [0.3, 0.4) is 0 Å². The molecule has 0 saturated carbocycles. The molecule has 2 aromatic rings. The molecule has 2 rings (SSSR count). The number of carboxylic acids is 1. The summed E-state index contributed by atoms with van der Waals surface area (Å²) in [5.74, 6) is -0.761. The van der Waals surface area contributed by atoms with Crippen molar-refractivity contribution in [1.82, 2.24) is 9.55 Å². The third-order valence-corrected chi connectivity index (χ3v) is 4.28. The second-order valence-electron chi connectivity index (χ2n) is 4.79. The third-order valence-electron chi connectivity index (χ3n) is 3.35. The maximum absolute atomic E-state index is 10.8. The molecule has 20 heavy (non-hydrogen) atoms. The number of imidazole rings is 1. The van der Waals surface area contributed by atoms with Crippen molar-refractivity contribution >= 4 is 28.8 Å². The molecule has 0 aliphatic heterocycles. The van der Waals surface area contributed by atoms with Crippen LogP contribution < -0.4 is 0 Å². The van der Waals surface area contributed by atoms with Gasteiger partial charge in [-0.3, -0.25) is 4.79 Å². The van der Waals surface area contributed by atoms with E-state index in [1.807, 2.05) is 18.2 Å². The number of hydrogen-bond donors (Lipinski definition) is 1. The quantitative estimate of drug-likeness (QED) is 0.785. The van der Waals surface area contributed by atoms with E-state index >= 15 is 0 Å². The van der Waals surface area contributed by atoms with E-state index < -0.39 is 5.97 Å². The highest BCUT2D eigenvalue weighted by Gasteiger charge is 2.18. The average Bonchev–Trinajstić information content (AvgIpc) is 2.81. The van der Waals surface area contributed by atoms with Crippen LogP contribution in [0.15, 0.2) is 29.4 Å². The number of thioether (sulfide) groups is 1. The number of rotatable bonds is 7. The first kappa shape index (κ1) is 14.9. The van der Waals surface area contributed by atoms with E-state index in [0.717, 1.165) is 35.5 Å². The van der Waals surface area contributed by atoms with Crippen LogP contribution in [0.25, 0.3) is 11.0 Å². The molecule has 0 radical (unpaired) electrons. The first-order valence-electron chi connectivity index (χ1n) is 6.98. The van der Waals surface area contributed by atoms with Crippen molar-refractivity contribution in [1.29, 1.82) is 0 Å². The molecular formula is C15H20N2O2S. The van der Waals surface area contributed by atoms with Crippen molar-refractivity contribution in [2.45, 2.75) is 44.3 Å². The first-order chi connectivity index (χ1) is 9.67. The van der Waals surface area contributed by atoms with Crippen molar-refractivity contribution in [3.8, 4) is 0 Å². The SMILES string of the molecule is CCCC(CC)n1c(SCC(=O)O)nc2ccccc21. The number of para-hydroxylation sites is 2. The molecule has 1 unspecified atom stereocenters. The summed E-state index contributed by atoms with van der Waals surface area (Å²) < 4.78 is 2.21. The van der Waals surface area contributed by atoms with Gasteiger partial charge in [0.15, 0.2) is 5.16 Å². The van der Waals surface area contributed by atoms with E-state index in [1.165, 1.54) is 11.8 Å². The Labute approximate surface area is 123 Å². The summed E-state index contributed by atoms with van der Waals surface area (Å²) in [4.78, 5) is 15.4. The van der Waals surface area contributed by atoms with Gasteiger partial charge in [-0.05, 0) is 25.0 Å². The van der Waals surface area contributed by atoms with Gasteiger partial charge in [0.1, 0.15) is 0 Å². The Morgan fingerprint density at radius 3 is 2.80 bits per heavy atom. The zero-order chi connectivity index (χ0) is 14.5. The standard InChI is InChI=1S/C15H20N2O2S/c1-3-7-11(4-2)17-13-9-6-5-8-12(13)16-15(17)20-10-14(18)19/h5-6,8-9,11H,3-4,7,10H2,1-2H3,(H,18,19). The lowest BCUT2D eigenvalue weighted by atomic mass is 10.1. The van der Waals surface area contributed by atoms with Gasteiger partial charge in [0.05, 0.1) is 16.8 Å². The molecule has 0 saturated heterocycles. The molecule has 1 aromatic heterocycles. The summed E-state index contributed by atoms with van der Waals surface area (Å²) in [6, 6.07) is 8.39. The minimum atomic E-state index is -0.808. The summed E-state index contributed by atoms with van der Waals surface area (Å²) >= 11 is 1.30. The number of aliphatic carboxylic acids is 1. The lowest BCUT2D eigenvalue weighted by Crippen LogP contribution is -2.10. The van der Waals surface area contributed by atoms with Crippen LogP contribution in [0, 0.1) is 0 Å². The van der Waals surface area contributed by atoms with Crippen LogP contribution in [0.5, 0.6) is 0 Å². The van der Waals surface area contributed by atoms with Crippen LogP contribution in [0.4, 0.5) is 0 Å². The molecule has 5 heteroatoms. The molecule has 0 fully saturated rings. The molecule has 1 N–H and O–H groups in total. The van der Waals surface area contributed by atoms with E-state index in [2.05, 4.69) is 29.5 Å². The molecular weight excluding hydrogens is 272 g/mol. The zero-order valence-electron chi connectivity index (χ0n) is 11.9. The monoisotopic (exact) mass is 292 g/mol. The fourth-order valence-corrected chi connectivity index (χ4v) is 3.25.